The fourth-order valence-electron chi connectivity index (χ4n) is 3.76. The molecule has 6 rings (SSSR count). The third-order valence-electron chi connectivity index (χ3n) is 5.31. The van der Waals surface area contributed by atoms with Gasteiger partial charge in [0.15, 0.2) is 11.5 Å². The molecule has 1 aliphatic heterocycles. The lowest BCUT2D eigenvalue weighted by Gasteiger charge is -2.25. The van der Waals surface area contributed by atoms with Gasteiger partial charge in [0.25, 0.3) is 0 Å². The van der Waals surface area contributed by atoms with Crippen molar-refractivity contribution in [2.24, 2.45) is 0 Å². The van der Waals surface area contributed by atoms with Crippen LogP contribution < -0.4 is 15.0 Å². The van der Waals surface area contributed by atoms with Gasteiger partial charge in [-0.2, -0.15) is 0 Å². The Balaban J connectivity index is 0.000000144. The normalized spacial score (nSPS) is 10.9. The Labute approximate surface area is 194 Å². The summed E-state index contributed by atoms with van der Waals surface area (Å²) in [6.45, 7) is 0. The summed E-state index contributed by atoms with van der Waals surface area (Å²) in [7, 11) is 0. The summed E-state index contributed by atoms with van der Waals surface area (Å²) in [6.07, 6.45) is 0. The summed E-state index contributed by atoms with van der Waals surface area (Å²) in [5.41, 5.74) is 5.54. The van der Waals surface area contributed by atoms with Gasteiger partial charge in [-0.15, -0.1) is 0 Å². The SMILES string of the molecule is c1ccc(N(c2ccccc2)c2ccccc2)cc1.c1ccc2c(c1)Nc1ccccc1O2. The molecule has 0 spiro atoms. The van der Waals surface area contributed by atoms with E-state index in [0.29, 0.717) is 0 Å². The summed E-state index contributed by atoms with van der Waals surface area (Å²) in [6, 6.07) is 47.1. The molecule has 33 heavy (non-hydrogen) atoms. The summed E-state index contributed by atoms with van der Waals surface area (Å²) in [5, 5.41) is 3.32. The first kappa shape index (κ1) is 20.4. The molecule has 1 heterocycles. The zero-order valence-electron chi connectivity index (χ0n) is 18.1. The maximum absolute atomic E-state index is 5.71. The standard InChI is InChI=1S/C18H15N.C12H9NO/c1-4-10-16(11-5-1)19(17-12-6-2-7-13-17)18-14-8-3-9-15-18;1-3-7-11-9(5-1)13-10-6-2-4-8-12(10)14-11/h1-15H;1-8,13H. The second-order valence-electron chi connectivity index (χ2n) is 7.56. The molecular weight excluding hydrogens is 404 g/mol. The lowest BCUT2D eigenvalue weighted by Crippen LogP contribution is -2.09. The van der Waals surface area contributed by atoms with E-state index in [2.05, 4.69) is 83.0 Å². The van der Waals surface area contributed by atoms with Crippen molar-refractivity contribution in [3.63, 3.8) is 0 Å². The van der Waals surface area contributed by atoms with E-state index >= 15 is 0 Å². The molecule has 0 saturated carbocycles. The van der Waals surface area contributed by atoms with Crippen molar-refractivity contribution in [2.75, 3.05) is 10.2 Å². The van der Waals surface area contributed by atoms with Gasteiger partial charge in [0, 0.05) is 17.1 Å². The number of benzene rings is 5. The van der Waals surface area contributed by atoms with Crippen LogP contribution in [0.2, 0.25) is 0 Å². The maximum Gasteiger partial charge on any atom is 0.150 e. The fraction of sp³-hybridized carbons (Fsp3) is 0. The molecule has 0 aliphatic carbocycles. The lowest BCUT2D eigenvalue weighted by molar-refractivity contribution is 0.481. The predicted molar refractivity (Wildman–Crippen MR) is 137 cm³/mol. The van der Waals surface area contributed by atoms with E-state index in [0.717, 1.165) is 22.9 Å². The number of hydrogen-bond donors (Lipinski definition) is 1. The van der Waals surface area contributed by atoms with Crippen molar-refractivity contribution in [3.8, 4) is 11.5 Å². The van der Waals surface area contributed by atoms with Gasteiger partial charge in [-0.1, -0.05) is 78.9 Å². The van der Waals surface area contributed by atoms with Gasteiger partial charge in [-0.25, -0.2) is 0 Å². The molecule has 1 aliphatic rings. The highest BCUT2D eigenvalue weighted by Gasteiger charge is 2.14. The molecule has 5 aromatic carbocycles. The molecule has 1 N–H and O–H groups in total. The van der Waals surface area contributed by atoms with Crippen molar-refractivity contribution in [3.05, 3.63) is 140 Å². The highest BCUT2D eigenvalue weighted by atomic mass is 16.5. The summed E-state index contributed by atoms with van der Waals surface area (Å²) >= 11 is 0. The van der Waals surface area contributed by atoms with Crippen LogP contribution >= 0.6 is 0 Å². The number of hydrogen-bond acceptors (Lipinski definition) is 3. The quantitative estimate of drug-likeness (QED) is 0.305. The van der Waals surface area contributed by atoms with E-state index in [1.807, 2.05) is 66.7 Å². The second-order valence-corrected chi connectivity index (χ2v) is 7.56. The smallest absolute Gasteiger partial charge is 0.150 e. The molecule has 0 saturated heterocycles. The number of fused-ring (bicyclic) bond motifs is 2. The van der Waals surface area contributed by atoms with Crippen LogP contribution in [-0.2, 0) is 0 Å². The minimum atomic E-state index is 0.881. The van der Waals surface area contributed by atoms with Crippen LogP contribution in [0.15, 0.2) is 140 Å². The topological polar surface area (TPSA) is 24.5 Å². The molecule has 0 radical (unpaired) electrons. The lowest BCUT2D eigenvalue weighted by atomic mass is 10.2. The van der Waals surface area contributed by atoms with E-state index in [9.17, 15) is 0 Å². The zero-order chi connectivity index (χ0) is 22.3. The average Bonchev–Trinajstić information content (AvgIpc) is 2.90. The summed E-state index contributed by atoms with van der Waals surface area (Å²) < 4.78 is 5.71. The van der Waals surface area contributed by atoms with E-state index in [1.54, 1.807) is 0 Å². The largest absolute Gasteiger partial charge is 0.453 e. The third kappa shape index (κ3) is 4.73. The maximum atomic E-state index is 5.71. The Kier molecular flexibility index (Phi) is 6.03. The number of para-hydroxylation sites is 7. The van der Waals surface area contributed by atoms with Crippen LogP contribution in [0, 0.1) is 0 Å². The average molecular weight is 429 g/mol. The van der Waals surface area contributed by atoms with Crippen molar-refractivity contribution >= 4 is 28.4 Å². The van der Waals surface area contributed by atoms with Crippen LogP contribution in [0.4, 0.5) is 28.4 Å². The molecule has 3 heteroatoms. The predicted octanol–water partition coefficient (Wildman–Crippen LogP) is 8.69. The van der Waals surface area contributed by atoms with Gasteiger partial charge in [-0.3, -0.25) is 0 Å². The minimum Gasteiger partial charge on any atom is -0.453 e. The molecule has 0 aromatic heterocycles. The number of nitrogens with zero attached hydrogens (tertiary/aromatic N) is 1. The Bertz CT molecular complexity index is 1120. The van der Waals surface area contributed by atoms with E-state index in [1.165, 1.54) is 17.1 Å². The van der Waals surface area contributed by atoms with Crippen LogP contribution in [-0.4, -0.2) is 0 Å². The first-order chi connectivity index (χ1) is 16.4. The highest BCUT2D eigenvalue weighted by molar-refractivity contribution is 5.76. The third-order valence-corrected chi connectivity index (χ3v) is 5.31. The summed E-state index contributed by atoms with van der Waals surface area (Å²) in [5.74, 6) is 1.76. The van der Waals surface area contributed by atoms with Crippen LogP contribution in [0.25, 0.3) is 0 Å². The minimum absolute atomic E-state index is 0.881. The second kappa shape index (κ2) is 9.75. The van der Waals surface area contributed by atoms with Gasteiger partial charge < -0.3 is 15.0 Å². The van der Waals surface area contributed by atoms with E-state index < -0.39 is 0 Å². The molecule has 0 amide bonds. The number of nitrogens with one attached hydrogen (secondary N) is 1. The van der Waals surface area contributed by atoms with Gasteiger partial charge >= 0.3 is 0 Å². The molecule has 160 valence electrons. The Morgan fingerprint density at radius 3 is 1.12 bits per heavy atom. The zero-order valence-corrected chi connectivity index (χ0v) is 18.1. The van der Waals surface area contributed by atoms with Crippen molar-refractivity contribution in [1.29, 1.82) is 0 Å². The highest BCUT2D eigenvalue weighted by Crippen LogP contribution is 2.41. The Morgan fingerprint density at radius 2 is 0.727 bits per heavy atom. The van der Waals surface area contributed by atoms with Crippen LogP contribution in [0.5, 0.6) is 11.5 Å². The number of ether oxygens (including phenoxy) is 1. The molecule has 0 bridgehead atoms. The number of anilines is 5. The fourth-order valence-corrected chi connectivity index (χ4v) is 3.76. The molecular formula is C30H24N2O. The first-order valence-corrected chi connectivity index (χ1v) is 11.0. The Morgan fingerprint density at radius 1 is 0.394 bits per heavy atom. The van der Waals surface area contributed by atoms with Crippen molar-refractivity contribution < 1.29 is 4.74 Å². The van der Waals surface area contributed by atoms with Gasteiger partial charge in [0.2, 0.25) is 0 Å². The molecule has 0 fully saturated rings. The molecule has 0 atom stereocenters. The first-order valence-electron chi connectivity index (χ1n) is 11.0. The van der Waals surface area contributed by atoms with Crippen molar-refractivity contribution in [2.45, 2.75) is 0 Å². The van der Waals surface area contributed by atoms with Gasteiger partial charge in [-0.05, 0) is 60.7 Å². The van der Waals surface area contributed by atoms with E-state index in [-0.39, 0.29) is 0 Å². The monoisotopic (exact) mass is 428 g/mol. The van der Waals surface area contributed by atoms with Crippen LogP contribution in [0.3, 0.4) is 0 Å². The number of rotatable bonds is 3. The van der Waals surface area contributed by atoms with Gasteiger partial charge in [0.05, 0.1) is 11.4 Å². The summed E-state index contributed by atoms with van der Waals surface area (Å²) in [4.78, 5) is 2.25. The molecule has 3 nitrogen and oxygen atoms in total. The van der Waals surface area contributed by atoms with Gasteiger partial charge in [0.1, 0.15) is 0 Å². The van der Waals surface area contributed by atoms with Crippen LogP contribution in [0.1, 0.15) is 0 Å². The molecule has 0 unspecified atom stereocenters. The molecule has 5 aromatic rings. The Hall–Kier alpha value is -4.50. The van der Waals surface area contributed by atoms with E-state index in [4.69, 9.17) is 4.74 Å². The van der Waals surface area contributed by atoms with Crippen molar-refractivity contribution in [1.82, 2.24) is 0 Å².